The number of likely N-dealkylation sites (tertiary alicyclic amines) is 1. The standard InChI is InChI=1S/C11H19N3/c1-4-13-6-5-11(8-13)14-10(3)7-9(2)12-14/h7,11H,4-6,8H2,1-3H3. The summed E-state index contributed by atoms with van der Waals surface area (Å²) in [5.74, 6) is 0. The Kier molecular flexibility index (Phi) is 2.59. The first-order valence-corrected chi connectivity index (χ1v) is 5.46. The minimum absolute atomic E-state index is 0.601. The molecule has 3 nitrogen and oxygen atoms in total. The highest BCUT2D eigenvalue weighted by atomic mass is 15.3. The molecular formula is C11H19N3. The van der Waals surface area contributed by atoms with Crippen molar-refractivity contribution in [1.82, 2.24) is 14.7 Å². The quantitative estimate of drug-likeness (QED) is 0.713. The molecule has 1 saturated heterocycles. The molecule has 0 N–H and O–H groups in total. The largest absolute Gasteiger partial charge is 0.301 e. The lowest BCUT2D eigenvalue weighted by atomic mass is 10.2. The van der Waals surface area contributed by atoms with Gasteiger partial charge in [-0.3, -0.25) is 4.68 Å². The van der Waals surface area contributed by atoms with E-state index in [4.69, 9.17) is 0 Å². The fraction of sp³-hybridized carbons (Fsp3) is 0.727. The molecule has 2 rings (SSSR count). The van der Waals surface area contributed by atoms with Crippen LogP contribution in [0.1, 0.15) is 30.8 Å². The van der Waals surface area contributed by atoms with Crippen molar-refractivity contribution in [2.45, 2.75) is 33.2 Å². The molecule has 78 valence electrons. The van der Waals surface area contributed by atoms with Crippen molar-refractivity contribution >= 4 is 0 Å². The highest BCUT2D eigenvalue weighted by Gasteiger charge is 2.24. The van der Waals surface area contributed by atoms with Gasteiger partial charge in [0, 0.05) is 18.8 Å². The third-order valence-corrected chi connectivity index (χ3v) is 3.09. The predicted molar refractivity (Wildman–Crippen MR) is 57.5 cm³/mol. The van der Waals surface area contributed by atoms with E-state index in [2.05, 4.69) is 41.5 Å². The molecule has 3 heteroatoms. The number of aromatic nitrogens is 2. The van der Waals surface area contributed by atoms with Crippen molar-refractivity contribution in [2.24, 2.45) is 0 Å². The van der Waals surface area contributed by atoms with Crippen LogP contribution >= 0.6 is 0 Å². The first-order chi connectivity index (χ1) is 6.70. The summed E-state index contributed by atoms with van der Waals surface area (Å²) in [5, 5.41) is 4.55. The van der Waals surface area contributed by atoms with Crippen LogP contribution in [0.15, 0.2) is 6.07 Å². The molecule has 1 fully saturated rings. The van der Waals surface area contributed by atoms with Crippen molar-refractivity contribution < 1.29 is 0 Å². The van der Waals surface area contributed by atoms with Crippen LogP contribution in [0.4, 0.5) is 0 Å². The van der Waals surface area contributed by atoms with E-state index in [0.717, 1.165) is 12.2 Å². The minimum Gasteiger partial charge on any atom is -0.301 e. The lowest BCUT2D eigenvalue weighted by Crippen LogP contribution is -2.21. The van der Waals surface area contributed by atoms with E-state index >= 15 is 0 Å². The monoisotopic (exact) mass is 193 g/mol. The van der Waals surface area contributed by atoms with Crippen LogP contribution in [0.2, 0.25) is 0 Å². The molecule has 0 aromatic carbocycles. The average Bonchev–Trinajstić information content (AvgIpc) is 2.71. The van der Waals surface area contributed by atoms with Gasteiger partial charge in [0.15, 0.2) is 0 Å². The zero-order valence-electron chi connectivity index (χ0n) is 9.32. The van der Waals surface area contributed by atoms with Gasteiger partial charge in [0.05, 0.1) is 11.7 Å². The van der Waals surface area contributed by atoms with E-state index in [-0.39, 0.29) is 0 Å². The summed E-state index contributed by atoms with van der Waals surface area (Å²) in [7, 11) is 0. The van der Waals surface area contributed by atoms with Crippen LogP contribution in [-0.4, -0.2) is 34.3 Å². The Balaban J connectivity index is 2.13. The summed E-state index contributed by atoms with van der Waals surface area (Å²) in [6.45, 7) is 9.99. The summed E-state index contributed by atoms with van der Waals surface area (Å²) < 4.78 is 2.20. The van der Waals surface area contributed by atoms with Gasteiger partial charge in [-0.2, -0.15) is 5.10 Å². The van der Waals surface area contributed by atoms with Gasteiger partial charge in [0.25, 0.3) is 0 Å². The number of hydrogen-bond donors (Lipinski definition) is 0. The number of rotatable bonds is 2. The Bertz CT molecular complexity index is 316. The molecule has 0 saturated carbocycles. The zero-order valence-corrected chi connectivity index (χ0v) is 9.32. The maximum absolute atomic E-state index is 4.55. The molecule has 1 atom stereocenters. The lowest BCUT2D eigenvalue weighted by molar-refractivity contribution is 0.334. The van der Waals surface area contributed by atoms with Crippen molar-refractivity contribution in [1.29, 1.82) is 0 Å². The van der Waals surface area contributed by atoms with E-state index < -0.39 is 0 Å². The fourth-order valence-electron chi connectivity index (χ4n) is 2.31. The number of hydrogen-bond acceptors (Lipinski definition) is 2. The zero-order chi connectivity index (χ0) is 10.1. The smallest absolute Gasteiger partial charge is 0.0661 e. The van der Waals surface area contributed by atoms with Gasteiger partial charge in [-0.15, -0.1) is 0 Å². The summed E-state index contributed by atoms with van der Waals surface area (Å²) in [6.07, 6.45) is 1.25. The second-order valence-corrected chi connectivity index (χ2v) is 4.21. The molecule has 2 heterocycles. The second kappa shape index (κ2) is 3.73. The van der Waals surface area contributed by atoms with Gasteiger partial charge in [0.2, 0.25) is 0 Å². The third-order valence-electron chi connectivity index (χ3n) is 3.09. The van der Waals surface area contributed by atoms with Gasteiger partial charge in [-0.1, -0.05) is 6.92 Å². The molecule has 0 aliphatic carbocycles. The van der Waals surface area contributed by atoms with E-state index in [1.54, 1.807) is 0 Å². The molecule has 0 bridgehead atoms. The average molecular weight is 193 g/mol. The lowest BCUT2D eigenvalue weighted by Gasteiger charge is -2.14. The Morgan fingerprint density at radius 2 is 2.29 bits per heavy atom. The number of aryl methyl sites for hydroxylation is 2. The van der Waals surface area contributed by atoms with Crippen LogP contribution in [0.5, 0.6) is 0 Å². The maximum Gasteiger partial charge on any atom is 0.0661 e. The Morgan fingerprint density at radius 1 is 1.50 bits per heavy atom. The van der Waals surface area contributed by atoms with Crippen molar-refractivity contribution in [3.05, 3.63) is 17.5 Å². The van der Waals surface area contributed by atoms with Gasteiger partial charge < -0.3 is 4.90 Å². The summed E-state index contributed by atoms with van der Waals surface area (Å²) in [4.78, 5) is 2.49. The molecule has 1 aromatic heterocycles. The van der Waals surface area contributed by atoms with Crippen molar-refractivity contribution in [2.75, 3.05) is 19.6 Å². The predicted octanol–water partition coefficient (Wildman–Crippen LogP) is 1.77. The SMILES string of the molecule is CCN1CCC(n2nc(C)cc2C)C1. The van der Waals surface area contributed by atoms with Crippen LogP contribution in [0.3, 0.4) is 0 Å². The van der Waals surface area contributed by atoms with Gasteiger partial charge in [-0.05, 0) is 32.9 Å². The molecule has 0 amide bonds. The maximum atomic E-state index is 4.55. The molecule has 14 heavy (non-hydrogen) atoms. The number of likely N-dealkylation sites (N-methyl/N-ethyl adjacent to an activating group) is 1. The molecule has 0 radical (unpaired) electrons. The molecule has 1 aliphatic rings. The van der Waals surface area contributed by atoms with Crippen LogP contribution in [-0.2, 0) is 0 Å². The highest BCUT2D eigenvalue weighted by Crippen LogP contribution is 2.22. The van der Waals surface area contributed by atoms with Crippen LogP contribution < -0.4 is 0 Å². The molecule has 0 spiro atoms. The normalized spacial score (nSPS) is 23.2. The van der Waals surface area contributed by atoms with E-state index in [9.17, 15) is 0 Å². The topological polar surface area (TPSA) is 21.1 Å². The van der Waals surface area contributed by atoms with Crippen molar-refractivity contribution in [3.63, 3.8) is 0 Å². The van der Waals surface area contributed by atoms with E-state index in [1.165, 1.54) is 25.2 Å². The Morgan fingerprint density at radius 3 is 2.79 bits per heavy atom. The van der Waals surface area contributed by atoms with Crippen LogP contribution in [0.25, 0.3) is 0 Å². The van der Waals surface area contributed by atoms with E-state index in [0.29, 0.717) is 6.04 Å². The van der Waals surface area contributed by atoms with E-state index in [1.807, 2.05) is 0 Å². The minimum atomic E-state index is 0.601. The van der Waals surface area contributed by atoms with Gasteiger partial charge >= 0.3 is 0 Å². The van der Waals surface area contributed by atoms with Gasteiger partial charge in [-0.25, -0.2) is 0 Å². The van der Waals surface area contributed by atoms with Crippen molar-refractivity contribution in [3.8, 4) is 0 Å². The third kappa shape index (κ3) is 1.69. The Labute approximate surface area is 85.7 Å². The summed E-state index contributed by atoms with van der Waals surface area (Å²) in [5.41, 5.74) is 2.43. The molecule has 1 aliphatic heterocycles. The first-order valence-electron chi connectivity index (χ1n) is 5.46. The second-order valence-electron chi connectivity index (χ2n) is 4.21. The first kappa shape index (κ1) is 9.71. The van der Waals surface area contributed by atoms with Gasteiger partial charge in [0.1, 0.15) is 0 Å². The van der Waals surface area contributed by atoms with Crippen LogP contribution in [0, 0.1) is 13.8 Å². The number of nitrogens with zero attached hydrogens (tertiary/aromatic N) is 3. The molecule has 1 unspecified atom stereocenters. The summed E-state index contributed by atoms with van der Waals surface area (Å²) in [6, 6.07) is 2.76. The Hall–Kier alpha value is -0.830. The molecular weight excluding hydrogens is 174 g/mol. The fourth-order valence-corrected chi connectivity index (χ4v) is 2.31. The molecule has 1 aromatic rings. The summed E-state index contributed by atoms with van der Waals surface area (Å²) >= 11 is 0. The highest BCUT2D eigenvalue weighted by molar-refractivity contribution is 5.08.